The van der Waals surface area contributed by atoms with E-state index in [1.165, 1.54) is 11.3 Å². The summed E-state index contributed by atoms with van der Waals surface area (Å²) in [4.78, 5) is 46.9. The number of hydrogen-bond donors (Lipinski definition) is 1. The maximum absolute atomic E-state index is 13.5. The van der Waals surface area contributed by atoms with Gasteiger partial charge in [0.15, 0.2) is 0 Å². The Hall–Kier alpha value is -2.65. The number of nitrogens with zero attached hydrogens (tertiary/aromatic N) is 3. The van der Waals surface area contributed by atoms with Crippen LogP contribution in [0.15, 0.2) is 23.0 Å². The SMILES string of the molecule is Cc1ccc(NC(=O)C2CSCN2C(=O)c2sc3nc4n(c(=O)c3c2C)CCC4)cc1C. The molecule has 1 fully saturated rings. The molecule has 1 unspecified atom stereocenters. The first kappa shape index (κ1) is 21.2. The Labute approximate surface area is 193 Å². The summed E-state index contributed by atoms with van der Waals surface area (Å²) < 4.78 is 1.72. The summed E-state index contributed by atoms with van der Waals surface area (Å²) in [5.74, 6) is 1.38. The second-order valence-electron chi connectivity index (χ2n) is 8.40. The van der Waals surface area contributed by atoms with E-state index >= 15 is 0 Å². The number of benzene rings is 1. The molecule has 1 N–H and O–H groups in total. The van der Waals surface area contributed by atoms with Gasteiger partial charge < -0.3 is 10.2 Å². The van der Waals surface area contributed by atoms with E-state index in [4.69, 9.17) is 0 Å². The highest BCUT2D eigenvalue weighted by atomic mass is 32.2. The molecule has 32 heavy (non-hydrogen) atoms. The number of anilines is 1. The second kappa shape index (κ2) is 8.04. The van der Waals surface area contributed by atoms with Gasteiger partial charge in [0.1, 0.15) is 16.7 Å². The predicted octanol–water partition coefficient (Wildman–Crippen LogP) is 3.48. The minimum absolute atomic E-state index is 0.0601. The van der Waals surface area contributed by atoms with E-state index in [1.807, 2.05) is 39.0 Å². The van der Waals surface area contributed by atoms with Gasteiger partial charge in [-0.05, 0) is 56.0 Å². The lowest BCUT2D eigenvalue weighted by Gasteiger charge is -2.23. The van der Waals surface area contributed by atoms with E-state index < -0.39 is 6.04 Å². The lowest BCUT2D eigenvalue weighted by molar-refractivity contribution is -0.119. The fourth-order valence-corrected chi connectivity index (χ4v) is 6.61. The number of thioether (sulfide) groups is 1. The summed E-state index contributed by atoms with van der Waals surface area (Å²) in [6, 6.07) is 5.23. The first-order chi connectivity index (χ1) is 15.3. The fourth-order valence-electron chi connectivity index (χ4n) is 4.31. The zero-order valence-corrected chi connectivity index (χ0v) is 19.9. The molecule has 7 nitrogen and oxygen atoms in total. The number of aromatic nitrogens is 2. The average Bonchev–Trinajstić information content (AvgIpc) is 3.49. The molecule has 2 aromatic heterocycles. The van der Waals surface area contributed by atoms with E-state index in [0.717, 1.165) is 35.5 Å². The van der Waals surface area contributed by atoms with Crippen LogP contribution in [0.2, 0.25) is 0 Å². The molecule has 2 aliphatic rings. The Bertz CT molecular complexity index is 1330. The molecule has 0 bridgehead atoms. The van der Waals surface area contributed by atoms with Gasteiger partial charge in [-0.3, -0.25) is 19.0 Å². The van der Waals surface area contributed by atoms with E-state index in [9.17, 15) is 14.4 Å². The van der Waals surface area contributed by atoms with Crippen molar-refractivity contribution in [3.63, 3.8) is 0 Å². The van der Waals surface area contributed by atoms with Gasteiger partial charge in [-0.15, -0.1) is 23.1 Å². The first-order valence-electron chi connectivity index (χ1n) is 10.6. The molecule has 0 spiro atoms. The van der Waals surface area contributed by atoms with Gasteiger partial charge in [-0.25, -0.2) is 4.98 Å². The second-order valence-corrected chi connectivity index (χ2v) is 10.4. The summed E-state index contributed by atoms with van der Waals surface area (Å²) in [5, 5.41) is 3.49. The van der Waals surface area contributed by atoms with Gasteiger partial charge in [-0.2, -0.15) is 0 Å². The highest BCUT2D eigenvalue weighted by Crippen LogP contribution is 2.32. The Morgan fingerprint density at radius 3 is 2.78 bits per heavy atom. The van der Waals surface area contributed by atoms with Crippen LogP contribution in [0, 0.1) is 20.8 Å². The van der Waals surface area contributed by atoms with Crippen LogP contribution in [0.3, 0.4) is 0 Å². The number of rotatable bonds is 3. The van der Waals surface area contributed by atoms with Crippen molar-refractivity contribution < 1.29 is 9.59 Å². The minimum atomic E-state index is -0.558. The van der Waals surface area contributed by atoms with Gasteiger partial charge in [0.25, 0.3) is 11.5 Å². The lowest BCUT2D eigenvalue weighted by Crippen LogP contribution is -2.44. The molecule has 4 heterocycles. The maximum atomic E-state index is 13.5. The van der Waals surface area contributed by atoms with Gasteiger partial charge >= 0.3 is 0 Å². The van der Waals surface area contributed by atoms with Crippen molar-refractivity contribution in [3.05, 3.63) is 55.9 Å². The van der Waals surface area contributed by atoms with Crippen LogP contribution >= 0.6 is 23.1 Å². The summed E-state index contributed by atoms with van der Waals surface area (Å²) in [5.41, 5.74) is 3.59. The molecule has 0 saturated carbocycles. The largest absolute Gasteiger partial charge is 0.324 e. The van der Waals surface area contributed by atoms with E-state index in [1.54, 1.807) is 21.2 Å². The summed E-state index contributed by atoms with van der Waals surface area (Å²) in [6.07, 6.45) is 1.71. The average molecular weight is 469 g/mol. The molecule has 166 valence electrons. The normalized spacial score (nSPS) is 17.7. The summed E-state index contributed by atoms with van der Waals surface area (Å²) in [7, 11) is 0. The number of nitrogens with one attached hydrogen (secondary N) is 1. The Morgan fingerprint density at radius 1 is 1.19 bits per heavy atom. The topological polar surface area (TPSA) is 84.3 Å². The van der Waals surface area contributed by atoms with Crippen molar-refractivity contribution in [2.45, 2.75) is 46.2 Å². The third-order valence-electron chi connectivity index (χ3n) is 6.33. The highest BCUT2D eigenvalue weighted by molar-refractivity contribution is 7.99. The quantitative estimate of drug-likeness (QED) is 0.636. The highest BCUT2D eigenvalue weighted by Gasteiger charge is 2.37. The minimum Gasteiger partial charge on any atom is -0.324 e. The number of thiophene rings is 1. The van der Waals surface area contributed by atoms with Crippen LogP contribution in [0.4, 0.5) is 5.69 Å². The van der Waals surface area contributed by atoms with Crippen molar-refractivity contribution in [1.29, 1.82) is 0 Å². The van der Waals surface area contributed by atoms with Crippen LogP contribution in [0.25, 0.3) is 10.2 Å². The molecule has 1 atom stereocenters. The van der Waals surface area contributed by atoms with Gasteiger partial charge in [0.05, 0.1) is 16.1 Å². The monoisotopic (exact) mass is 468 g/mol. The third kappa shape index (κ3) is 3.44. The number of fused-ring (bicyclic) bond motifs is 2. The Balaban J connectivity index is 1.43. The lowest BCUT2D eigenvalue weighted by atomic mass is 10.1. The van der Waals surface area contributed by atoms with Crippen molar-refractivity contribution in [2.24, 2.45) is 0 Å². The van der Waals surface area contributed by atoms with Crippen molar-refractivity contribution >= 4 is 50.8 Å². The van der Waals surface area contributed by atoms with E-state index in [2.05, 4.69) is 10.3 Å². The summed E-state index contributed by atoms with van der Waals surface area (Å²) >= 11 is 2.82. The van der Waals surface area contributed by atoms with Crippen LogP contribution in [-0.4, -0.2) is 43.9 Å². The molecular formula is C23H24N4O3S2. The summed E-state index contributed by atoms with van der Waals surface area (Å²) in [6.45, 7) is 6.52. The molecule has 2 amide bonds. The standard InChI is InChI=1S/C23H24N4O3S2/c1-12-6-7-15(9-13(12)2)24-20(28)16-10-31-11-27(16)23(30)19-14(3)18-21(32-19)25-17-5-4-8-26(17)22(18)29/h6-7,9,16H,4-5,8,10-11H2,1-3H3,(H,24,28). The molecule has 2 aliphatic heterocycles. The zero-order chi connectivity index (χ0) is 22.6. The molecular weight excluding hydrogens is 444 g/mol. The van der Waals surface area contributed by atoms with Gasteiger partial charge in [-0.1, -0.05) is 6.07 Å². The maximum Gasteiger partial charge on any atom is 0.265 e. The fraction of sp³-hybridized carbons (Fsp3) is 0.391. The van der Waals surface area contributed by atoms with Crippen LogP contribution in [-0.2, 0) is 17.8 Å². The van der Waals surface area contributed by atoms with Crippen molar-refractivity contribution in [2.75, 3.05) is 16.9 Å². The molecule has 1 aromatic carbocycles. The predicted molar refractivity (Wildman–Crippen MR) is 129 cm³/mol. The number of amides is 2. The Kier molecular flexibility index (Phi) is 5.33. The molecule has 1 saturated heterocycles. The zero-order valence-electron chi connectivity index (χ0n) is 18.2. The van der Waals surface area contributed by atoms with Crippen LogP contribution < -0.4 is 10.9 Å². The van der Waals surface area contributed by atoms with Crippen LogP contribution in [0.1, 0.15) is 38.6 Å². The van der Waals surface area contributed by atoms with Gasteiger partial charge in [0, 0.05) is 24.4 Å². The van der Waals surface area contributed by atoms with Crippen molar-refractivity contribution in [1.82, 2.24) is 14.5 Å². The van der Waals surface area contributed by atoms with Crippen molar-refractivity contribution in [3.8, 4) is 0 Å². The van der Waals surface area contributed by atoms with Crippen LogP contribution in [0.5, 0.6) is 0 Å². The molecule has 0 radical (unpaired) electrons. The number of carbonyl (C=O) groups is 2. The smallest absolute Gasteiger partial charge is 0.265 e. The first-order valence-corrected chi connectivity index (χ1v) is 12.6. The molecule has 0 aliphatic carbocycles. The molecule has 5 rings (SSSR count). The van der Waals surface area contributed by atoms with E-state index in [-0.39, 0.29) is 17.4 Å². The molecule has 3 aromatic rings. The number of carbonyl (C=O) groups excluding carboxylic acids is 2. The van der Waals surface area contributed by atoms with Gasteiger partial charge in [0.2, 0.25) is 5.91 Å². The molecule has 9 heteroatoms. The Morgan fingerprint density at radius 2 is 2.00 bits per heavy atom. The number of hydrogen-bond acceptors (Lipinski definition) is 6. The third-order valence-corrected chi connectivity index (χ3v) is 8.51. The van der Waals surface area contributed by atoms with E-state index in [0.29, 0.717) is 38.8 Å². The number of aryl methyl sites for hydroxylation is 4.